The standard InChI is InChI=1S/C27H18Cl2F2N6O/c1-12-2-4-15(25(30)24(12)29)19-10-20(33-27(19)31)26-18-9-17(18)22-6-13(7-23(38)37(22)26)16-8-14(28)3-5-21(16)36-11-32-34-35-36/h2-8,11,17-18,26H,9-10H2,1H3. The molecule has 0 amide bonds. The Morgan fingerprint density at radius 2 is 1.89 bits per heavy atom. The van der Waals surface area contributed by atoms with E-state index in [4.69, 9.17) is 23.2 Å². The molecule has 11 heteroatoms. The number of aliphatic imine (C=N–C) groups is 1. The predicted octanol–water partition coefficient (Wildman–Crippen LogP) is 6.09. The Labute approximate surface area is 225 Å². The van der Waals surface area contributed by atoms with Gasteiger partial charge in [-0.25, -0.2) is 9.38 Å². The van der Waals surface area contributed by atoms with Gasteiger partial charge in [-0.05, 0) is 65.1 Å². The lowest BCUT2D eigenvalue weighted by Gasteiger charge is -2.20. The number of fused-ring (bicyclic) bond motifs is 3. The highest BCUT2D eigenvalue weighted by Gasteiger charge is 2.55. The van der Waals surface area contributed by atoms with Crippen molar-refractivity contribution in [2.45, 2.75) is 31.7 Å². The lowest BCUT2D eigenvalue weighted by molar-refractivity contribution is 0.579. The number of pyridine rings is 1. The Kier molecular flexibility index (Phi) is 5.18. The Morgan fingerprint density at radius 1 is 1.05 bits per heavy atom. The third-order valence-corrected chi connectivity index (χ3v) is 8.36. The highest BCUT2D eigenvalue weighted by molar-refractivity contribution is 6.31. The zero-order valence-corrected chi connectivity index (χ0v) is 21.4. The van der Waals surface area contributed by atoms with Gasteiger partial charge in [0.2, 0.25) is 5.95 Å². The molecule has 1 saturated carbocycles. The van der Waals surface area contributed by atoms with Gasteiger partial charge in [0.15, 0.2) is 0 Å². The van der Waals surface area contributed by atoms with Gasteiger partial charge in [-0.15, -0.1) is 5.10 Å². The zero-order valence-electron chi connectivity index (χ0n) is 19.9. The van der Waals surface area contributed by atoms with E-state index in [2.05, 4.69) is 20.5 Å². The number of hydrogen-bond acceptors (Lipinski definition) is 5. The number of allylic oxidation sites excluding steroid dienone is 1. The van der Waals surface area contributed by atoms with E-state index in [1.165, 1.54) is 17.1 Å². The molecule has 2 aliphatic heterocycles. The maximum Gasteiger partial charge on any atom is 0.251 e. The first kappa shape index (κ1) is 23.4. The van der Waals surface area contributed by atoms with Crippen LogP contribution in [0.2, 0.25) is 10.0 Å². The summed E-state index contributed by atoms with van der Waals surface area (Å²) in [7, 11) is 0. The Bertz CT molecular complexity index is 1780. The summed E-state index contributed by atoms with van der Waals surface area (Å²) in [6.07, 6.45) is 2.45. The van der Waals surface area contributed by atoms with Gasteiger partial charge < -0.3 is 4.57 Å². The number of nitrogens with zero attached hydrogens (tertiary/aromatic N) is 6. The van der Waals surface area contributed by atoms with Crippen molar-refractivity contribution in [1.29, 1.82) is 0 Å². The summed E-state index contributed by atoms with van der Waals surface area (Å²) in [6, 6.07) is 11.6. The molecule has 0 bridgehead atoms. The highest BCUT2D eigenvalue weighted by atomic mass is 35.5. The van der Waals surface area contributed by atoms with Crippen LogP contribution in [-0.4, -0.2) is 30.5 Å². The second-order valence-corrected chi connectivity index (χ2v) is 10.7. The first-order chi connectivity index (χ1) is 18.3. The van der Waals surface area contributed by atoms with E-state index >= 15 is 4.39 Å². The van der Waals surface area contributed by atoms with E-state index in [0.717, 1.165) is 12.1 Å². The van der Waals surface area contributed by atoms with Crippen LogP contribution in [0.5, 0.6) is 0 Å². The number of aryl methyl sites for hydroxylation is 1. The molecule has 2 aromatic heterocycles. The molecule has 1 aliphatic carbocycles. The zero-order chi connectivity index (χ0) is 26.3. The summed E-state index contributed by atoms with van der Waals surface area (Å²) in [4.78, 5) is 17.7. The summed E-state index contributed by atoms with van der Waals surface area (Å²) < 4.78 is 33.2. The fourth-order valence-corrected chi connectivity index (χ4v) is 6.12. The molecule has 3 atom stereocenters. The van der Waals surface area contributed by atoms with Crippen molar-refractivity contribution in [3.05, 3.63) is 97.8 Å². The monoisotopic (exact) mass is 550 g/mol. The molecular formula is C27H18Cl2F2N6O. The van der Waals surface area contributed by atoms with Gasteiger partial charge in [-0.2, -0.15) is 9.07 Å². The molecule has 190 valence electrons. The van der Waals surface area contributed by atoms with Gasteiger partial charge in [0.1, 0.15) is 12.1 Å². The van der Waals surface area contributed by atoms with E-state index in [1.807, 2.05) is 6.07 Å². The number of hydrogen-bond donors (Lipinski definition) is 0. The van der Waals surface area contributed by atoms with Crippen molar-refractivity contribution in [2.75, 3.05) is 0 Å². The molecule has 2 aromatic carbocycles. The SMILES string of the molecule is Cc1ccc(C2=C(F)N=C(C3C4CC4c4cc(-c5cc(Cl)ccc5-n5cnnn5)cc(=O)n43)C2)c(F)c1Cl. The molecule has 3 unspecified atom stereocenters. The molecule has 7 nitrogen and oxygen atoms in total. The van der Waals surface area contributed by atoms with Crippen molar-refractivity contribution >= 4 is 34.5 Å². The van der Waals surface area contributed by atoms with Crippen molar-refractivity contribution in [1.82, 2.24) is 24.8 Å². The van der Waals surface area contributed by atoms with E-state index in [0.29, 0.717) is 33.1 Å². The molecular weight excluding hydrogens is 533 g/mol. The first-order valence-corrected chi connectivity index (χ1v) is 12.8. The summed E-state index contributed by atoms with van der Waals surface area (Å²) >= 11 is 12.4. The first-order valence-electron chi connectivity index (χ1n) is 12.0. The normalized spacial score (nSPS) is 21.5. The van der Waals surface area contributed by atoms with E-state index in [1.54, 1.807) is 41.8 Å². The maximum absolute atomic E-state index is 15.1. The van der Waals surface area contributed by atoms with Crippen LogP contribution in [0.15, 0.2) is 64.5 Å². The van der Waals surface area contributed by atoms with Gasteiger partial charge in [-0.3, -0.25) is 4.79 Å². The predicted molar refractivity (Wildman–Crippen MR) is 140 cm³/mol. The number of benzene rings is 2. The van der Waals surface area contributed by atoms with E-state index < -0.39 is 11.8 Å². The third-order valence-electron chi connectivity index (χ3n) is 7.66. The molecule has 4 aromatic rings. The molecule has 0 N–H and O–H groups in total. The summed E-state index contributed by atoms with van der Waals surface area (Å²) in [5.41, 5.74) is 4.07. The fraction of sp³-hybridized carbons (Fsp3) is 0.222. The van der Waals surface area contributed by atoms with Crippen molar-refractivity contribution < 1.29 is 8.78 Å². The van der Waals surface area contributed by atoms with Crippen LogP contribution in [0.25, 0.3) is 22.4 Å². The Hall–Kier alpha value is -3.69. The van der Waals surface area contributed by atoms with Crippen LogP contribution >= 0.6 is 23.2 Å². The summed E-state index contributed by atoms with van der Waals surface area (Å²) in [5, 5.41) is 11.9. The number of halogens is 4. The van der Waals surface area contributed by atoms with Gasteiger partial charge >= 0.3 is 0 Å². The molecule has 1 fully saturated rings. The topological polar surface area (TPSA) is 78.0 Å². The van der Waals surface area contributed by atoms with Crippen LogP contribution < -0.4 is 5.56 Å². The van der Waals surface area contributed by atoms with Gasteiger partial charge in [0.05, 0.1) is 16.8 Å². The molecule has 0 saturated heterocycles. The minimum absolute atomic E-state index is 0.0319. The minimum Gasteiger partial charge on any atom is -0.303 e. The average molecular weight is 551 g/mol. The van der Waals surface area contributed by atoms with Gasteiger partial charge in [0.25, 0.3) is 5.56 Å². The van der Waals surface area contributed by atoms with Crippen LogP contribution in [-0.2, 0) is 0 Å². The summed E-state index contributed by atoms with van der Waals surface area (Å²) in [5.74, 6) is -1.11. The number of tetrazole rings is 1. The molecule has 38 heavy (non-hydrogen) atoms. The van der Waals surface area contributed by atoms with E-state index in [-0.39, 0.29) is 46.0 Å². The molecule has 4 heterocycles. The second kappa shape index (κ2) is 8.41. The third kappa shape index (κ3) is 3.49. The Morgan fingerprint density at radius 3 is 2.68 bits per heavy atom. The van der Waals surface area contributed by atoms with Crippen LogP contribution in [0.4, 0.5) is 8.78 Å². The lowest BCUT2D eigenvalue weighted by atomic mass is 9.96. The highest BCUT2D eigenvalue weighted by Crippen LogP contribution is 2.60. The van der Waals surface area contributed by atoms with Gasteiger partial charge in [0, 0.05) is 51.5 Å². The second-order valence-electron chi connectivity index (χ2n) is 9.85. The average Bonchev–Trinajstić information content (AvgIpc) is 3.20. The largest absolute Gasteiger partial charge is 0.303 e. The van der Waals surface area contributed by atoms with Crippen molar-refractivity contribution in [2.24, 2.45) is 10.9 Å². The Balaban J connectivity index is 1.27. The summed E-state index contributed by atoms with van der Waals surface area (Å²) in [6.45, 7) is 1.69. The number of aromatic nitrogens is 5. The molecule has 0 spiro atoms. The van der Waals surface area contributed by atoms with Crippen molar-refractivity contribution in [3.63, 3.8) is 0 Å². The van der Waals surface area contributed by atoms with E-state index in [9.17, 15) is 9.18 Å². The minimum atomic E-state index is -0.737. The smallest absolute Gasteiger partial charge is 0.251 e. The molecule has 3 aliphatic rings. The molecule has 0 radical (unpaired) electrons. The lowest BCUT2D eigenvalue weighted by Crippen LogP contribution is -2.29. The van der Waals surface area contributed by atoms with Gasteiger partial charge in [-0.1, -0.05) is 35.3 Å². The number of rotatable bonds is 4. The van der Waals surface area contributed by atoms with Crippen LogP contribution in [0.1, 0.15) is 41.6 Å². The molecule has 7 rings (SSSR count). The van der Waals surface area contributed by atoms with Crippen LogP contribution in [0.3, 0.4) is 0 Å². The fourth-order valence-electron chi connectivity index (χ4n) is 5.78. The van der Waals surface area contributed by atoms with Crippen LogP contribution in [0, 0.1) is 18.7 Å². The maximum atomic E-state index is 15.1. The van der Waals surface area contributed by atoms with Crippen molar-refractivity contribution in [3.8, 4) is 16.8 Å². The quantitative estimate of drug-likeness (QED) is 0.288.